The SMILES string of the molecule is CCOC(=O)c1cc(-c2ccc(N3CCN(C(=O)c4ccc(C#N)cc4)CC3)cc2)n(-c2ccccc2C)n1. The number of aryl methyl sites for hydroxylation is 1. The number of anilines is 1. The maximum atomic E-state index is 12.9. The first kappa shape index (κ1) is 25.7. The van der Waals surface area contributed by atoms with Gasteiger partial charge >= 0.3 is 5.97 Å². The minimum atomic E-state index is -0.448. The summed E-state index contributed by atoms with van der Waals surface area (Å²) in [5.74, 6) is -0.465. The molecule has 39 heavy (non-hydrogen) atoms. The number of para-hydroxylation sites is 1. The fraction of sp³-hybridized carbons (Fsp3) is 0.226. The molecule has 0 unspecified atom stereocenters. The summed E-state index contributed by atoms with van der Waals surface area (Å²) in [7, 11) is 0. The molecule has 0 aliphatic carbocycles. The number of rotatable bonds is 6. The van der Waals surface area contributed by atoms with Gasteiger partial charge in [0, 0.05) is 43.0 Å². The Labute approximate surface area is 227 Å². The molecular formula is C31H29N5O3. The number of hydrogen-bond acceptors (Lipinski definition) is 6. The number of aromatic nitrogens is 2. The standard InChI is InChI=1S/C31H29N5O3/c1-3-39-31(38)27-20-29(36(33-27)28-7-5-4-6-22(28)2)24-12-14-26(15-13-24)34-16-18-35(19-17-34)30(37)25-10-8-23(21-32)9-11-25/h4-15,20H,3,16-19H2,1-2H3. The van der Waals surface area contributed by atoms with Crippen molar-refractivity contribution in [3.63, 3.8) is 0 Å². The van der Waals surface area contributed by atoms with Gasteiger partial charge in [-0.3, -0.25) is 4.79 Å². The van der Waals surface area contributed by atoms with Crippen molar-refractivity contribution in [2.75, 3.05) is 37.7 Å². The van der Waals surface area contributed by atoms with E-state index in [1.54, 1.807) is 41.9 Å². The Hall–Kier alpha value is -4.90. The van der Waals surface area contributed by atoms with Crippen molar-refractivity contribution in [2.45, 2.75) is 13.8 Å². The first-order valence-corrected chi connectivity index (χ1v) is 13.0. The van der Waals surface area contributed by atoms with E-state index in [4.69, 9.17) is 10.00 Å². The first-order chi connectivity index (χ1) is 19.0. The van der Waals surface area contributed by atoms with Crippen LogP contribution in [0.3, 0.4) is 0 Å². The molecule has 0 spiro atoms. The first-order valence-electron chi connectivity index (χ1n) is 13.0. The second-order valence-electron chi connectivity index (χ2n) is 9.35. The summed E-state index contributed by atoms with van der Waals surface area (Å²) < 4.78 is 6.99. The highest BCUT2D eigenvalue weighted by Gasteiger charge is 2.23. The number of nitriles is 1. The normalized spacial score (nSPS) is 13.2. The van der Waals surface area contributed by atoms with E-state index >= 15 is 0 Å². The Kier molecular flexibility index (Phi) is 7.41. The molecule has 0 bridgehead atoms. The highest BCUT2D eigenvalue weighted by Crippen LogP contribution is 2.28. The topological polar surface area (TPSA) is 91.5 Å². The molecule has 2 heterocycles. The van der Waals surface area contributed by atoms with Crippen LogP contribution in [0, 0.1) is 18.3 Å². The van der Waals surface area contributed by atoms with Crippen LogP contribution in [0.25, 0.3) is 16.9 Å². The predicted molar refractivity (Wildman–Crippen MR) is 149 cm³/mol. The Morgan fingerprint density at radius 2 is 1.64 bits per heavy atom. The molecule has 1 aromatic heterocycles. The number of carbonyl (C=O) groups excluding carboxylic acids is 2. The molecule has 0 radical (unpaired) electrons. The molecule has 3 aromatic carbocycles. The van der Waals surface area contributed by atoms with E-state index < -0.39 is 5.97 Å². The summed E-state index contributed by atoms with van der Waals surface area (Å²) in [6.45, 7) is 6.74. The van der Waals surface area contributed by atoms with Crippen molar-refractivity contribution in [1.82, 2.24) is 14.7 Å². The minimum Gasteiger partial charge on any atom is -0.461 e. The zero-order valence-corrected chi connectivity index (χ0v) is 22.0. The summed E-state index contributed by atoms with van der Waals surface area (Å²) in [5, 5.41) is 13.6. The molecule has 1 amide bonds. The van der Waals surface area contributed by atoms with Crippen LogP contribution < -0.4 is 4.90 Å². The molecule has 0 N–H and O–H groups in total. The number of carbonyl (C=O) groups is 2. The molecular weight excluding hydrogens is 490 g/mol. The average molecular weight is 520 g/mol. The molecule has 4 aromatic rings. The Morgan fingerprint density at radius 3 is 2.28 bits per heavy atom. The highest BCUT2D eigenvalue weighted by molar-refractivity contribution is 5.94. The Morgan fingerprint density at radius 1 is 0.949 bits per heavy atom. The van der Waals surface area contributed by atoms with Gasteiger partial charge in [0.05, 0.1) is 29.6 Å². The van der Waals surface area contributed by atoms with Crippen molar-refractivity contribution in [3.05, 3.63) is 101 Å². The number of benzene rings is 3. The van der Waals surface area contributed by atoms with Gasteiger partial charge < -0.3 is 14.5 Å². The molecule has 8 nitrogen and oxygen atoms in total. The highest BCUT2D eigenvalue weighted by atomic mass is 16.5. The van der Waals surface area contributed by atoms with Crippen molar-refractivity contribution in [2.24, 2.45) is 0 Å². The molecule has 5 rings (SSSR count). The van der Waals surface area contributed by atoms with Crippen molar-refractivity contribution in [3.8, 4) is 23.0 Å². The van der Waals surface area contributed by atoms with Crippen molar-refractivity contribution in [1.29, 1.82) is 5.26 Å². The number of nitrogens with zero attached hydrogens (tertiary/aromatic N) is 5. The lowest BCUT2D eigenvalue weighted by Gasteiger charge is -2.36. The van der Waals surface area contributed by atoms with E-state index in [1.165, 1.54) is 0 Å². The lowest BCUT2D eigenvalue weighted by molar-refractivity contribution is 0.0518. The van der Waals surface area contributed by atoms with Crippen LogP contribution in [0.15, 0.2) is 78.9 Å². The third-order valence-electron chi connectivity index (χ3n) is 6.89. The number of esters is 1. The maximum Gasteiger partial charge on any atom is 0.358 e. The molecule has 1 saturated heterocycles. The van der Waals surface area contributed by atoms with Gasteiger partial charge in [-0.2, -0.15) is 10.4 Å². The molecule has 0 atom stereocenters. The third kappa shape index (κ3) is 5.39. The third-order valence-corrected chi connectivity index (χ3v) is 6.89. The van der Waals surface area contributed by atoms with E-state index in [9.17, 15) is 9.59 Å². The number of amides is 1. The molecule has 0 saturated carbocycles. The van der Waals surface area contributed by atoms with Crippen LogP contribution in [0.4, 0.5) is 5.69 Å². The second kappa shape index (κ2) is 11.2. The monoisotopic (exact) mass is 519 g/mol. The smallest absolute Gasteiger partial charge is 0.358 e. The average Bonchev–Trinajstić information content (AvgIpc) is 3.43. The number of hydrogen-bond donors (Lipinski definition) is 0. The summed E-state index contributed by atoms with van der Waals surface area (Å²) in [5.41, 5.74) is 6.14. The fourth-order valence-corrected chi connectivity index (χ4v) is 4.76. The van der Waals surface area contributed by atoms with Gasteiger partial charge in [-0.15, -0.1) is 0 Å². The van der Waals surface area contributed by atoms with Crippen molar-refractivity contribution >= 4 is 17.6 Å². The zero-order valence-electron chi connectivity index (χ0n) is 22.0. The maximum absolute atomic E-state index is 12.9. The largest absolute Gasteiger partial charge is 0.461 e. The van der Waals surface area contributed by atoms with E-state index in [1.807, 2.05) is 48.2 Å². The van der Waals surface area contributed by atoms with Crippen LogP contribution in [0.1, 0.15) is 38.9 Å². The van der Waals surface area contributed by atoms with E-state index in [2.05, 4.69) is 28.2 Å². The summed E-state index contributed by atoms with van der Waals surface area (Å²) in [6, 6.07) is 26.7. The van der Waals surface area contributed by atoms with Crippen LogP contribution in [0.2, 0.25) is 0 Å². The molecule has 8 heteroatoms. The lowest BCUT2D eigenvalue weighted by atomic mass is 10.1. The van der Waals surface area contributed by atoms with Crippen LogP contribution >= 0.6 is 0 Å². The number of ether oxygens (including phenoxy) is 1. The fourth-order valence-electron chi connectivity index (χ4n) is 4.76. The minimum absolute atomic E-state index is 0.0173. The van der Waals surface area contributed by atoms with Gasteiger partial charge in [-0.1, -0.05) is 30.3 Å². The van der Waals surface area contributed by atoms with Crippen molar-refractivity contribution < 1.29 is 14.3 Å². The summed E-state index contributed by atoms with van der Waals surface area (Å²) in [4.78, 5) is 29.5. The van der Waals surface area contributed by atoms with Gasteiger partial charge in [-0.25, -0.2) is 9.48 Å². The van der Waals surface area contributed by atoms with Gasteiger partial charge in [0.25, 0.3) is 5.91 Å². The van der Waals surface area contributed by atoms with Crippen LogP contribution in [0.5, 0.6) is 0 Å². The molecule has 1 aliphatic heterocycles. The van der Waals surface area contributed by atoms with Gasteiger partial charge in [-0.05, 0) is 67.9 Å². The summed E-state index contributed by atoms with van der Waals surface area (Å²) >= 11 is 0. The quantitative estimate of drug-likeness (QED) is 0.338. The molecule has 1 fully saturated rings. The Bertz CT molecular complexity index is 1530. The van der Waals surface area contributed by atoms with Gasteiger partial charge in [0.1, 0.15) is 0 Å². The van der Waals surface area contributed by atoms with Gasteiger partial charge in [0.2, 0.25) is 0 Å². The Balaban J connectivity index is 1.33. The number of piperazine rings is 1. The second-order valence-corrected chi connectivity index (χ2v) is 9.35. The van der Waals surface area contributed by atoms with E-state index in [0.717, 1.165) is 41.3 Å². The van der Waals surface area contributed by atoms with Crippen LogP contribution in [-0.4, -0.2) is 59.3 Å². The van der Waals surface area contributed by atoms with Crippen LogP contribution in [-0.2, 0) is 4.74 Å². The van der Waals surface area contributed by atoms with E-state index in [0.29, 0.717) is 24.2 Å². The van der Waals surface area contributed by atoms with E-state index in [-0.39, 0.29) is 18.2 Å². The lowest BCUT2D eigenvalue weighted by Crippen LogP contribution is -2.48. The molecule has 1 aliphatic rings. The molecule has 196 valence electrons. The van der Waals surface area contributed by atoms with Gasteiger partial charge in [0.15, 0.2) is 5.69 Å². The summed E-state index contributed by atoms with van der Waals surface area (Å²) in [6.07, 6.45) is 0. The zero-order chi connectivity index (χ0) is 27.4. The predicted octanol–water partition coefficient (Wildman–Crippen LogP) is 4.86.